The lowest BCUT2D eigenvalue weighted by atomic mass is 10.5. The van der Waals surface area contributed by atoms with Crippen LogP contribution in [0.3, 0.4) is 0 Å². The quantitative estimate of drug-likeness (QED) is 0.434. The molecule has 0 atom stereocenters. The molecule has 0 fully saturated rings. The van der Waals surface area contributed by atoms with Gasteiger partial charge in [-0.15, -0.1) is 11.3 Å². The molecule has 6 nitrogen and oxygen atoms in total. The standard InChI is InChI=1S/C8H10BrClN2O4S2/c1-11(4-2-3-9)18(15,16)7-5-6(12(13)14)8(10)17-7/h5H,2-4H2,1H3. The number of hydrogen-bond donors (Lipinski definition) is 0. The number of sulfonamides is 1. The van der Waals surface area contributed by atoms with Crippen molar-refractivity contribution in [1.82, 2.24) is 4.31 Å². The molecule has 0 N–H and O–H groups in total. The fourth-order valence-electron chi connectivity index (χ4n) is 1.15. The van der Waals surface area contributed by atoms with Crippen LogP contribution in [0.4, 0.5) is 5.69 Å². The van der Waals surface area contributed by atoms with Crippen LogP contribution in [0.2, 0.25) is 4.34 Å². The molecule has 1 heterocycles. The van der Waals surface area contributed by atoms with Gasteiger partial charge < -0.3 is 0 Å². The van der Waals surface area contributed by atoms with Crippen LogP contribution < -0.4 is 0 Å². The molecule has 0 aliphatic rings. The molecular weight excluding hydrogens is 368 g/mol. The van der Waals surface area contributed by atoms with E-state index in [9.17, 15) is 18.5 Å². The summed E-state index contributed by atoms with van der Waals surface area (Å²) in [5, 5.41) is 11.3. The lowest BCUT2D eigenvalue weighted by Gasteiger charge is -2.14. The first kappa shape index (κ1) is 15.8. The van der Waals surface area contributed by atoms with Gasteiger partial charge in [-0.2, -0.15) is 0 Å². The van der Waals surface area contributed by atoms with E-state index in [0.717, 1.165) is 10.4 Å². The highest BCUT2D eigenvalue weighted by atomic mass is 79.9. The first-order valence-corrected chi connectivity index (χ1v) is 8.52. The Kier molecular flexibility index (Phi) is 5.53. The molecule has 0 aliphatic carbocycles. The van der Waals surface area contributed by atoms with E-state index in [-0.39, 0.29) is 14.2 Å². The fourth-order valence-corrected chi connectivity index (χ4v) is 4.48. The zero-order valence-corrected chi connectivity index (χ0v) is 13.3. The van der Waals surface area contributed by atoms with Crippen molar-refractivity contribution >= 4 is 54.6 Å². The normalized spacial score (nSPS) is 12.0. The van der Waals surface area contributed by atoms with Crippen LogP contribution in [-0.2, 0) is 10.0 Å². The second kappa shape index (κ2) is 6.29. The van der Waals surface area contributed by atoms with Gasteiger partial charge in [0.2, 0.25) is 0 Å². The number of rotatable bonds is 6. The summed E-state index contributed by atoms with van der Waals surface area (Å²) in [6.45, 7) is 0.330. The smallest absolute Gasteiger partial charge is 0.258 e. The summed E-state index contributed by atoms with van der Waals surface area (Å²) < 4.78 is 25.0. The van der Waals surface area contributed by atoms with E-state index in [0.29, 0.717) is 29.6 Å². The predicted molar refractivity (Wildman–Crippen MR) is 74.2 cm³/mol. The van der Waals surface area contributed by atoms with E-state index in [2.05, 4.69) is 15.9 Å². The van der Waals surface area contributed by atoms with E-state index in [4.69, 9.17) is 11.6 Å². The number of alkyl halides is 1. The SMILES string of the molecule is CN(CCCBr)S(=O)(=O)c1cc([N+](=O)[O-])c(Cl)s1. The van der Waals surface area contributed by atoms with Crippen molar-refractivity contribution in [1.29, 1.82) is 0 Å². The Bertz CT molecular complexity index is 545. The molecule has 0 radical (unpaired) electrons. The molecule has 0 unspecified atom stereocenters. The Hall–Kier alpha value is -0.220. The number of halogens is 2. The topological polar surface area (TPSA) is 80.5 Å². The van der Waals surface area contributed by atoms with Gasteiger partial charge in [0.1, 0.15) is 4.21 Å². The molecule has 1 rings (SSSR count). The second-order valence-corrected chi connectivity index (χ2v) is 8.07. The van der Waals surface area contributed by atoms with Crippen LogP contribution in [0.25, 0.3) is 0 Å². The highest BCUT2D eigenvalue weighted by molar-refractivity contribution is 9.09. The molecule has 0 saturated heterocycles. The van der Waals surface area contributed by atoms with Crippen molar-refractivity contribution in [3.05, 3.63) is 20.5 Å². The third kappa shape index (κ3) is 3.41. The van der Waals surface area contributed by atoms with Crippen LogP contribution in [0.1, 0.15) is 6.42 Å². The van der Waals surface area contributed by atoms with E-state index in [1.807, 2.05) is 0 Å². The van der Waals surface area contributed by atoms with Crippen LogP contribution in [0.5, 0.6) is 0 Å². The summed E-state index contributed by atoms with van der Waals surface area (Å²) in [7, 11) is -2.28. The van der Waals surface area contributed by atoms with Gasteiger partial charge in [-0.1, -0.05) is 27.5 Å². The van der Waals surface area contributed by atoms with E-state index in [1.54, 1.807) is 0 Å². The van der Waals surface area contributed by atoms with Gasteiger partial charge in [0.15, 0.2) is 4.34 Å². The van der Waals surface area contributed by atoms with E-state index in [1.165, 1.54) is 7.05 Å². The molecule has 0 amide bonds. The maximum absolute atomic E-state index is 12.1. The van der Waals surface area contributed by atoms with Crippen LogP contribution >= 0.6 is 38.9 Å². The molecule has 10 heteroatoms. The van der Waals surface area contributed by atoms with Gasteiger partial charge in [0.05, 0.1) is 4.92 Å². The average Bonchev–Trinajstić information content (AvgIpc) is 2.68. The zero-order chi connectivity index (χ0) is 13.9. The zero-order valence-electron chi connectivity index (χ0n) is 9.30. The minimum Gasteiger partial charge on any atom is -0.258 e. The Morgan fingerprint density at radius 1 is 1.61 bits per heavy atom. The third-order valence-corrected chi connectivity index (χ3v) is 6.32. The molecule has 0 aromatic carbocycles. The van der Waals surface area contributed by atoms with Crippen molar-refractivity contribution in [2.45, 2.75) is 10.6 Å². The van der Waals surface area contributed by atoms with Crippen molar-refractivity contribution in [3.8, 4) is 0 Å². The maximum atomic E-state index is 12.1. The number of nitrogens with zero attached hydrogens (tertiary/aromatic N) is 2. The van der Waals surface area contributed by atoms with Gasteiger partial charge in [0, 0.05) is 25.0 Å². The lowest BCUT2D eigenvalue weighted by molar-refractivity contribution is -0.384. The molecule has 1 aromatic rings. The molecule has 0 aliphatic heterocycles. The third-order valence-electron chi connectivity index (χ3n) is 2.11. The summed E-state index contributed by atoms with van der Waals surface area (Å²) in [5.74, 6) is 0. The van der Waals surface area contributed by atoms with Crippen LogP contribution in [0, 0.1) is 10.1 Å². The summed E-state index contributed by atoms with van der Waals surface area (Å²) in [5.41, 5.74) is -0.380. The number of nitro groups is 1. The summed E-state index contributed by atoms with van der Waals surface area (Å²) in [4.78, 5) is 9.92. The van der Waals surface area contributed by atoms with Crippen molar-refractivity contribution in [2.75, 3.05) is 18.9 Å². The van der Waals surface area contributed by atoms with E-state index < -0.39 is 14.9 Å². The predicted octanol–water partition coefficient (Wildman–Crippen LogP) is 2.72. The summed E-state index contributed by atoms with van der Waals surface area (Å²) in [6.07, 6.45) is 0.650. The highest BCUT2D eigenvalue weighted by Crippen LogP contribution is 2.37. The minimum absolute atomic E-state index is 0.115. The van der Waals surface area contributed by atoms with Gasteiger partial charge in [-0.25, -0.2) is 12.7 Å². The second-order valence-electron chi connectivity index (χ2n) is 3.35. The first-order chi connectivity index (χ1) is 8.30. The summed E-state index contributed by atoms with van der Waals surface area (Å²) >= 11 is 9.54. The molecule has 0 spiro atoms. The molecule has 1 aromatic heterocycles. The van der Waals surface area contributed by atoms with Crippen LogP contribution in [0.15, 0.2) is 10.3 Å². The Morgan fingerprint density at radius 3 is 2.67 bits per heavy atom. The lowest BCUT2D eigenvalue weighted by Crippen LogP contribution is -2.27. The largest absolute Gasteiger partial charge is 0.300 e. The van der Waals surface area contributed by atoms with Gasteiger partial charge in [0.25, 0.3) is 15.7 Å². The Balaban J connectivity index is 3.05. The number of hydrogen-bond acceptors (Lipinski definition) is 5. The molecule has 0 bridgehead atoms. The molecule has 0 saturated carbocycles. The van der Waals surface area contributed by atoms with Crippen molar-refractivity contribution in [2.24, 2.45) is 0 Å². The monoisotopic (exact) mass is 376 g/mol. The Morgan fingerprint density at radius 2 is 2.22 bits per heavy atom. The van der Waals surface area contributed by atoms with Gasteiger partial charge in [-0.3, -0.25) is 10.1 Å². The minimum atomic E-state index is -3.70. The van der Waals surface area contributed by atoms with Gasteiger partial charge >= 0.3 is 0 Å². The van der Waals surface area contributed by atoms with E-state index >= 15 is 0 Å². The fraction of sp³-hybridized carbons (Fsp3) is 0.500. The molecule has 18 heavy (non-hydrogen) atoms. The maximum Gasteiger partial charge on any atom is 0.300 e. The summed E-state index contributed by atoms with van der Waals surface area (Å²) in [6, 6.07) is 0.993. The molecule has 102 valence electrons. The van der Waals surface area contributed by atoms with Crippen molar-refractivity contribution < 1.29 is 13.3 Å². The van der Waals surface area contributed by atoms with Gasteiger partial charge in [-0.05, 0) is 6.42 Å². The van der Waals surface area contributed by atoms with Crippen molar-refractivity contribution in [3.63, 3.8) is 0 Å². The Labute approximate surface area is 122 Å². The first-order valence-electron chi connectivity index (χ1n) is 4.76. The average molecular weight is 378 g/mol. The van der Waals surface area contributed by atoms with Crippen LogP contribution in [-0.4, -0.2) is 36.6 Å². The highest BCUT2D eigenvalue weighted by Gasteiger charge is 2.28. The number of thiophene rings is 1. The molecular formula is C8H10BrClN2O4S2.